The SMILES string of the molecule is CNc1ccc(-c2ccc3c(c2)c2ccccc2n3-c2ccccc2)cc1-c1ccccc1C. The van der Waals surface area contributed by atoms with Gasteiger partial charge in [0.1, 0.15) is 0 Å². The van der Waals surface area contributed by atoms with Crippen LogP contribution >= 0.6 is 0 Å². The summed E-state index contributed by atoms with van der Waals surface area (Å²) in [6.07, 6.45) is 0. The van der Waals surface area contributed by atoms with Crippen LogP contribution < -0.4 is 5.32 Å². The highest BCUT2D eigenvalue weighted by Crippen LogP contribution is 2.38. The second-order valence-electron chi connectivity index (χ2n) is 8.75. The molecule has 0 fully saturated rings. The molecule has 0 spiro atoms. The lowest BCUT2D eigenvalue weighted by atomic mass is 9.94. The van der Waals surface area contributed by atoms with Crippen LogP contribution in [-0.2, 0) is 0 Å². The minimum atomic E-state index is 1.14. The van der Waals surface area contributed by atoms with Gasteiger partial charge in [0, 0.05) is 34.8 Å². The average molecular weight is 439 g/mol. The predicted octanol–water partition coefficient (Wildman–Crippen LogP) is 8.47. The van der Waals surface area contributed by atoms with E-state index in [0.717, 1.165) is 5.69 Å². The van der Waals surface area contributed by atoms with Crippen molar-refractivity contribution in [1.29, 1.82) is 0 Å². The number of aryl methyl sites for hydroxylation is 1. The van der Waals surface area contributed by atoms with Crippen LogP contribution in [0.3, 0.4) is 0 Å². The smallest absolute Gasteiger partial charge is 0.0541 e. The van der Waals surface area contributed by atoms with Gasteiger partial charge < -0.3 is 9.88 Å². The molecule has 164 valence electrons. The van der Waals surface area contributed by atoms with Crippen LogP contribution in [0.25, 0.3) is 49.7 Å². The second-order valence-corrected chi connectivity index (χ2v) is 8.75. The summed E-state index contributed by atoms with van der Waals surface area (Å²) in [5.74, 6) is 0. The van der Waals surface area contributed by atoms with Gasteiger partial charge in [0.2, 0.25) is 0 Å². The number of nitrogens with one attached hydrogen (secondary N) is 1. The zero-order valence-electron chi connectivity index (χ0n) is 19.4. The summed E-state index contributed by atoms with van der Waals surface area (Å²) in [5, 5.41) is 5.91. The van der Waals surface area contributed by atoms with Gasteiger partial charge in [-0.15, -0.1) is 0 Å². The van der Waals surface area contributed by atoms with Crippen molar-refractivity contribution in [2.75, 3.05) is 12.4 Å². The number of fused-ring (bicyclic) bond motifs is 3. The molecule has 0 unspecified atom stereocenters. The lowest BCUT2D eigenvalue weighted by molar-refractivity contribution is 1.18. The van der Waals surface area contributed by atoms with E-state index in [-0.39, 0.29) is 0 Å². The van der Waals surface area contributed by atoms with Gasteiger partial charge in [0.15, 0.2) is 0 Å². The lowest BCUT2D eigenvalue weighted by Crippen LogP contribution is -1.94. The maximum atomic E-state index is 3.37. The Morgan fingerprint density at radius 1 is 0.559 bits per heavy atom. The molecule has 0 amide bonds. The largest absolute Gasteiger partial charge is 0.388 e. The number of anilines is 1. The molecule has 0 saturated carbocycles. The summed E-state index contributed by atoms with van der Waals surface area (Å²) in [6.45, 7) is 2.17. The van der Waals surface area contributed by atoms with E-state index in [0.29, 0.717) is 0 Å². The summed E-state index contributed by atoms with van der Waals surface area (Å²) in [7, 11) is 1.99. The van der Waals surface area contributed by atoms with E-state index in [1.54, 1.807) is 0 Å². The fourth-order valence-corrected chi connectivity index (χ4v) is 5.05. The number of benzene rings is 5. The Hall–Kier alpha value is -4.30. The van der Waals surface area contributed by atoms with Crippen molar-refractivity contribution in [2.45, 2.75) is 6.92 Å². The number of hydrogen-bond donors (Lipinski definition) is 1. The van der Waals surface area contributed by atoms with Gasteiger partial charge in [-0.1, -0.05) is 72.8 Å². The third-order valence-electron chi connectivity index (χ3n) is 6.74. The van der Waals surface area contributed by atoms with Crippen LogP contribution in [-0.4, -0.2) is 11.6 Å². The number of nitrogens with zero attached hydrogens (tertiary/aromatic N) is 1. The standard InChI is InChI=1S/C32H26N2/c1-22-10-6-7-13-26(22)28-20-23(16-18-30(28)33-2)24-17-19-32-29(21-24)27-14-8-9-15-31(27)34(32)25-11-4-3-5-12-25/h3-21,33H,1-2H3. The third kappa shape index (κ3) is 3.27. The van der Waals surface area contributed by atoms with Crippen molar-refractivity contribution in [3.05, 3.63) is 121 Å². The van der Waals surface area contributed by atoms with Crippen LogP contribution in [0.2, 0.25) is 0 Å². The Kier molecular flexibility index (Phi) is 4.92. The second kappa shape index (κ2) is 8.24. The Morgan fingerprint density at radius 2 is 1.24 bits per heavy atom. The van der Waals surface area contributed by atoms with E-state index >= 15 is 0 Å². The number of para-hydroxylation sites is 2. The van der Waals surface area contributed by atoms with Gasteiger partial charge in [-0.3, -0.25) is 0 Å². The molecule has 0 aliphatic heterocycles. The minimum absolute atomic E-state index is 1.14. The van der Waals surface area contributed by atoms with E-state index in [1.807, 2.05) is 7.05 Å². The van der Waals surface area contributed by atoms with Crippen LogP contribution in [0.1, 0.15) is 5.56 Å². The molecule has 0 bridgehead atoms. The van der Waals surface area contributed by atoms with Crippen LogP contribution in [0.4, 0.5) is 5.69 Å². The zero-order chi connectivity index (χ0) is 23.1. The number of hydrogen-bond acceptors (Lipinski definition) is 1. The Bertz CT molecular complexity index is 1640. The molecule has 2 nitrogen and oxygen atoms in total. The molecule has 6 rings (SSSR count). The van der Waals surface area contributed by atoms with Crippen LogP contribution in [0.15, 0.2) is 115 Å². The molecule has 0 aliphatic carbocycles. The maximum Gasteiger partial charge on any atom is 0.0541 e. The molecular formula is C32H26N2. The highest BCUT2D eigenvalue weighted by molar-refractivity contribution is 6.10. The molecule has 0 saturated heterocycles. The summed E-state index contributed by atoms with van der Waals surface area (Å²) in [5.41, 5.74) is 11.0. The first-order valence-corrected chi connectivity index (χ1v) is 11.7. The Morgan fingerprint density at radius 3 is 2.06 bits per heavy atom. The van der Waals surface area contributed by atoms with Crippen molar-refractivity contribution in [3.8, 4) is 27.9 Å². The Labute approximate surface area is 200 Å². The number of aromatic nitrogens is 1. The number of rotatable bonds is 4. The molecule has 5 aromatic carbocycles. The molecule has 0 radical (unpaired) electrons. The molecule has 0 atom stereocenters. The monoisotopic (exact) mass is 438 g/mol. The van der Waals surface area contributed by atoms with Gasteiger partial charge in [0.25, 0.3) is 0 Å². The van der Waals surface area contributed by atoms with Gasteiger partial charge in [-0.2, -0.15) is 0 Å². The molecular weight excluding hydrogens is 412 g/mol. The van der Waals surface area contributed by atoms with Crippen LogP contribution in [0, 0.1) is 6.92 Å². The molecule has 1 aromatic heterocycles. The molecule has 2 heteroatoms. The quantitative estimate of drug-likeness (QED) is 0.292. The third-order valence-corrected chi connectivity index (χ3v) is 6.74. The first-order chi connectivity index (χ1) is 16.7. The first kappa shape index (κ1) is 20.3. The van der Waals surface area contributed by atoms with Gasteiger partial charge in [-0.25, -0.2) is 0 Å². The summed E-state index contributed by atoms with van der Waals surface area (Å²) >= 11 is 0. The van der Waals surface area contributed by atoms with E-state index in [9.17, 15) is 0 Å². The summed E-state index contributed by atoms with van der Waals surface area (Å²) < 4.78 is 2.36. The molecule has 1 N–H and O–H groups in total. The zero-order valence-corrected chi connectivity index (χ0v) is 19.4. The fourth-order valence-electron chi connectivity index (χ4n) is 5.05. The normalized spacial score (nSPS) is 11.2. The molecule has 1 heterocycles. The van der Waals surface area contributed by atoms with E-state index in [1.165, 1.54) is 55.3 Å². The van der Waals surface area contributed by atoms with Crippen molar-refractivity contribution < 1.29 is 0 Å². The van der Waals surface area contributed by atoms with Crippen molar-refractivity contribution in [2.24, 2.45) is 0 Å². The van der Waals surface area contributed by atoms with Gasteiger partial charge in [-0.05, 0) is 71.6 Å². The van der Waals surface area contributed by atoms with Crippen LogP contribution in [0.5, 0.6) is 0 Å². The molecule has 34 heavy (non-hydrogen) atoms. The van der Waals surface area contributed by atoms with Gasteiger partial charge >= 0.3 is 0 Å². The topological polar surface area (TPSA) is 17.0 Å². The van der Waals surface area contributed by atoms with Crippen molar-refractivity contribution in [3.63, 3.8) is 0 Å². The fraction of sp³-hybridized carbons (Fsp3) is 0.0625. The van der Waals surface area contributed by atoms with E-state index < -0.39 is 0 Å². The summed E-state index contributed by atoms with van der Waals surface area (Å²) in [4.78, 5) is 0. The highest BCUT2D eigenvalue weighted by Gasteiger charge is 2.14. The van der Waals surface area contributed by atoms with Gasteiger partial charge in [0.05, 0.1) is 11.0 Å². The summed E-state index contributed by atoms with van der Waals surface area (Å²) in [6, 6.07) is 41.4. The average Bonchev–Trinajstić information content (AvgIpc) is 3.23. The Balaban J connectivity index is 1.57. The first-order valence-electron chi connectivity index (χ1n) is 11.7. The molecule has 6 aromatic rings. The maximum absolute atomic E-state index is 3.37. The highest BCUT2D eigenvalue weighted by atomic mass is 15.0. The molecule has 0 aliphatic rings. The predicted molar refractivity (Wildman–Crippen MR) is 146 cm³/mol. The van der Waals surface area contributed by atoms with Crippen molar-refractivity contribution in [1.82, 2.24) is 4.57 Å². The van der Waals surface area contributed by atoms with Crippen molar-refractivity contribution >= 4 is 27.5 Å². The lowest BCUT2D eigenvalue weighted by Gasteiger charge is -2.14. The van der Waals surface area contributed by atoms with E-state index in [2.05, 4.69) is 132 Å². The minimum Gasteiger partial charge on any atom is -0.388 e. The van der Waals surface area contributed by atoms with E-state index in [4.69, 9.17) is 0 Å².